The maximum absolute atomic E-state index is 12.7. The molecule has 0 saturated carbocycles. The number of pyridine rings is 1. The molecular formula is C23H18Cl2N4OS. The Balaban J connectivity index is 1.40. The minimum absolute atomic E-state index is 0.206. The Morgan fingerprint density at radius 3 is 2.61 bits per heavy atom. The number of aromatic nitrogens is 3. The van der Waals surface area contributed by atoms with E-state index in [0.717, 1.165) is 21.8 Å². The van der Waals surface area contributed by atoms with Crippen LogP contribution in [0.1, 0.15) is 21.5 Å². The molecule has 0 fully saturated rings. The smallest absolute Gasteiger partial charge is 0.256 e. The summed E-state index contributed by atoms with van der Waals surface area (Å²) in [4.78, 5) is 17.9. The second-order valence-corrected chi connectivity index (χ2v) is 8.55. The van der Waals surface area contributed by atoms with Gasteiger partial charge in [0.25, 0.3) is 5.91 Å². The number of anilines is 1. The Labute approximate surface area is 194 Å². The maximum Gasteiger partial charge on any atom is 0.256 e. The molecule has 0 aliphatic heterocycles. The molecule has 0 bridgehead atoms. The summed E-state index contributed by atoms with van der Waals surface area (Å²) in [6.07, 6.45) is 5.25. The van der Waals surface area contributed by atoms with Crippen molar-refractivity contribution < 1.29 is 4.79 Å². The number of carbonyl (C=O) groups is 1. The van der Waals surface area contributed by atoms with Crippen LogP contribution in [-0.4, -0.2) is 20.7 Å². The van der Waals surface area contributed by atoms with Crippen molar-refractivity contribution in [2.24, 2.45) is 0 Å². The Kier molecular flexibility index (Phi) is 6.92. The zero-order valence-electron chi connectivity index (χ0n) is 16.3. The molecule has 0 saturated heterocycles. The van der Waals surface area contributed by atoms with Crippen molar-refractivity contribution >= 4 is 46.7 Å². The fourth-order valence-corrected chi connectivity index (χ4v) is 4.15. The van der Waals surface area contributed by atoms with Gasteiger partial charge in [0, 0.05) is 34.7 Å². The molecule has 5 nitrogen and oxygen atoms in total. The summed E-state index contributed by atoms with van der Waals surface area (Å²) in [5.74, 6) is 1.20. The third-order valence-electron chi connectivity index (χ3n) is 4.55. The van der Waals surface area contributed by atoms with Gasteiger partial charge >= 0.3 is 0 Å². The summed E-state index contributed by atoms with van der Waals surface area (Å²) in [6.45, 7) is 0.395. The van der Waals surface area contributed by atoms with Gasteiger partial charge in [-0.15, -0.1) is 11.8 Å². The minimum Gasteiger partial charge on any atom is -0.307 e. The van der Waals surface area contributed by atoms with E-state index >= 15 is 0 Å². The SMILES string of the molecule is O=C(Nc1ccnn1Cc1cccc(Cl)c1Cl)c1ccc(SCc2cccnc2)cc1. The van der Waals surface area contributed by atoms with E-state index in [2.05, 4.69) is 15.4 Å². The second-order valence-electron chi connectivity index (χ2n) is 6.72. The fourth-order valence-electron chi connectivity index (χ4n) is 2.94. The van der Waals surface area contributed by atoms with Crippen LogP contribution in [0.4, 0.5) is 5.82 Å². The van der Waals surface area contributed by atoms with Crippen molar-refractivity contribution in [1.29, 1.82) is 0 Å². The summed E-state index contributed by atoms with van der Waals surface area (Å²) >= 11 is 14.1. The van der Waals surface area contributed by atoms with Crippen LogP contribution >= 0.6 is 35.0 Å². The third-order valence-corrected chi connectivity index (χ3v) is 6.50. The highest BCUT2D eigenvalue weighted by Gasteiger charge is 2.12. The number of carbonyl (C=O) groups excluding carboxylic acids is 1. The summed E-state index contributed by atoms with van der Waals surface area (Å²) in [6, 6.07) is 18.7. The normalized spacial score (nSPS) is 10.8. The maximum atomic E-state index is 12.7. The van der Waals surface area contributed by atoms with Crippen LogP contribution in [0.15, 0.2) is 84.1 Å². The van der Waals surface area contributed by atoms with Gasteiger partial charge < -0.3 is 5.32 Å². The molecule has 2 heterocycles. The average molecular weight is 469 g/mol. The summed E-state index contributed by atoms with van der Waals surface area (Å²) in [5, 5.41) is 8.16. The lowest BCUT2D eigenvalue weighted by molar-refractivity contribution is 0.102. The van der Waals surface area contributed by atoms with Crippen molar-refractivity contribution in [2.75, 3.05) is 5.32 Å². The molecule has 4 rings (SSSR count). The molecular weight excluding hydrogens is 451 g/mol. The molecule has 0 aliphatic carbocycles. The van der Waals surface area contributed by atoms with Crippen LogP contribution in [0, 0.1) is 0 Å². The first-order valence-corrected chi connectivity index (χ1v) is 11.2. The van der Waals surface area contributed by atoms with Crippen molar-refractivity contribution in [1.82, 2.24) is 14.8 Å². The first kappa shape index (κ1) is 21.4. The number of halogens is 2. The molecule has 1 N–H and O–H groups in total. The highest BCUT2D eigenvalue weighted by molar-refractivity contribution is 7.98. The van der Waals surface area contributed by atoms with Crippen LogP contribution < -0.4 is 5.32 Å². The van der Waals surface area contributed by atoms with Crippen LogP contribution in [0.3, 0.4) is 0 Å². The number of hydrogen-bond donors (Lipinski definition) is 1. The molecule has 0 radical (unpaired) electrons. The van der Waals surface area contributed by atoms with E-state index in [4.69, 9.17) is 23.2 Å². The van der Waals surface area contributed by atoms with E-state index in [0.29, 0.717) is 28.0 Å². The molecule has 2 aromatic heterocycles. The molecule has 2 aromatic carbocycles. The second kappa shape index (κ2) is 10.0. The van der Waals surface area contributed by atoms with Crippen molar-refractivity contribution in [3.63, 3.8) is 0 Å². The van der Waals surface area contributed by atoms with Gasteiger partial charge in [0.2, 0.25) is 0 Å². The van der Waals surface area contributed by atoms with Gasteiger partial charge in [-0.1, -0.05) is 41.4 Å². The predicted octanol–water partition coefficient (Wildman–Crippen LogP) is 6.18. The van der Waals surface area contributed by atoms with E-state index in [1.807, 2.05) is 54.7 Å². The number of amides is 1. The van der Waals surface area contributed by atoms with Gasteiger partial charge in [0.1, 0.15) is 5.82 Å². The molecule has 8 heteroatoms. The highest BCUT2D eigenvalue weighted by Crippen LogP contribution is 2.27. The Hall–Kier alpha value is -2.80. The van der Waals surface area contributed by atoms with Gasteiger partial charge in [-0.2, -0.15) is 5.10 Å². The first-order chi connectivity index (χ1) is 15.1. The number of thioether (sulfide) groups is 1. The minimum atomic E-state index is -0.206. The van der Waals surface area contributed by atoms with Crippen molar-refractivity contribution in [2.45, 2.75) is 17.2 Å². The average Bonchev–Trinajstić information content (AvgIpc) is 3.23. The lowest BCUT2D eigenvalue weighted by Gasteiger charge is -2.11. The van der Waals surface area contributed by atoms with Gasteiger partial charge in [0.15, 0.2) is 0 Å². The van der Waals surface area contributed by atoms with Crippen molar-refractivity contribution in [3.8, 4) is 0 Å². The lowest BCUT2D eigenvalue weighted by Crippen LogP contribution is -2.16. The van der Waals surface area contributed by atoms with Gasteiger partial charge in [-0.3, -0.25) is 9.78 Å². The number of nitrogens with one attached hydrogen (secondary N) is 1. The summed E-state index contributed by atoms with van der Waals surface area (Å²) < 4.78 is 1.67. The van der Waals surface area contributed by atoms with E-state index < -0.39 is 0 Å². The zero-order chi connectivity index (χ0) is 21.6. The molecule has 0 spiro atoms. The number of hydrogen-bond acceptors (Lipinski definition) is 4. The molecule has 0 atom stereocenters. The van der Waals surface area contributed by atoms with Gasteiger partial charge in [-0.05, 0) is 47.5 Å². The molecule has 156 valence electrons. The molecule has 4 aromatic rings. The molecule has 31 heavy (non-hydrogen) atoms. The monoisotopic (exact) mass is 468 g/mol. The Bertz CT molecular complexity index is 1180. The largest absolute Gasteiger partial charge is 0.307 e. The molecule has 1 amide bonds. The Morgan fingerprint density at radius 2 is 1.84 bits per heavy atom. The highest BCUT2D eigenvalue weighted by atomic mass is 35.5. The van der Waals surface area contributed by atoms with E-state index in [-0.39, 0.29) is 5.91 Å². The van der Waals surface area contributed by atoms with Crippen LogP contribution in [0.5, 0.6) is 0 Å². The molecule has 0 unspecified atom stereocenters. The van der Waals surface area contributed by atoms with E-state index in [9.17, 15) is 4.79 Å². The van der Waals surface area contributed by atoms with E-state index in [1.54, 1.807) is 41.0 Å². The van der Waals surface area contributed by atoms with Crippen LogP contribution in [0.25, 0.3) is 0 Å². The first-order valence-electron chi connectivity index (χ1n) is 9.48. The number of rotatable bonds is 7. The zero-order valence-corrected chi connectivity index (χ0v) is 18.7. The number of nitrogens with zero attached hydrogens (tertiary/aromatic N) is 3. The Morgan fingerprint density at radius 1 is 1.00 bits per heavy atom. The molecule has 0 aliphatic rings. The fraction of sp³-hybridized carbons (Fsp3) is 0.0870. The quantitative estimate of drug-likeness (QED) is 0.329. The summed E-state index contributed by atoms with van der Waals surface area (Å²) in [5.41, 5.74) is 2.55. The van der Waals surface area contributed by atoms with Gasteiger partial charge in [-0.25, -0.2) is 4.68 Å². The van der Waals surface area contributed by atoms with Crippen molar-refractivity contribution in [3.05, 3.63) is 106 Å². The van der Waals surface area contributed by atoms with E-state index in [1.165, 1.54) is 0 Å². The number of benzene rings is 2. The summed E-state index contributed by atoms with van der Waals surface area (Å²) in [7, 11) is 0. The topological polar surface area (TPSA) is 59.8 Å². The van der Waals surface area contributed by atoms with Crippen LogP contribution in [-0.2, 0) is 12.3 Å². The van der Waals surface area contributed by atoms with Crippen LogP contribution in [0.2, 0.25) is 10.0 Å². The standard InChI is InChI=1S/C23H18Cl2N4OS/c24-20-5-1-4-18(22(20)25)14-29-21(10-12-27-29)28-23(30)17-6-8-19(9-7-17)31-15-16-3-2-11-26-13-16/h1-13H,14-15H2,(H,28,30). The third kappa shape index (κ3) is 5.47. The van der Waals surface area contributed by atoms with Gasteiger partial charge in [0.05, 0.1) is 22.8 Å². The predicted molar refractivity (Wildman–Crippen MR) is 126 cm³/mol. The lowest BCUT2D eigenvalue weighted by atomic mass is 10.2.